The lowest BCUT2D eigenvalue weighted by Crippen LogP contribution is -2.52. The molecule has 0 radical (unpaired) electrons. The van der Waals surface area contributed by atoms with E-state index in [1.54, 1.807) is 18.4 Å². The molecule has 3 rings (SSSR count). The number of ether oxygens (including phenoxy) is 1. The van der Waals surface area contributed by atoms with Crippen LogP contribution < -0.4 is 10.2 Å². The van der Waals surface area contributed by atoms with E-state index in [2.05, 4.69) is 11.4 Å². The van der Waals surface area contributed by atoms with Crippen molar-refractivity contribution in [1.29, 1.82) is 5.26 Å². The Balaban J connectivity index is 1.61. The first-order valence-corrected chi connectivity index (χ1v) is 8.13. The fourth-order valence-electron chi connectivity index (χ4n) is 3.05. The minimum atomic E-state index is -0.158. The van der Waals surface area contributed by atoms with Crippen LogP contribution in [-0.2, 0) is 9.53 Å². The molecule has 1 aromatic rings. The lowest BCUT2D eigenvalue weighted by molar-refractivity contribution is -0.121. The Hall–Kier alpha value is -2.32. The maximum atomic E-state index is 12.7. The number of hydrogen-bond acceptors (Lipinski definition) is 4. The Morgan fingerprint density at radius 1 is 1.30 bits per heavy atom. The fourth-order valence-corrected chi connectivity index (χ4v) is 3.05. The van der Waals surface area contributed by atoms with Gasteiger partial charge < -0.3 is 15.0 Å². The lowest BCUT2D eigenvalue weighted by atomic mass is 10.0. The molecule has 0 spiro atoms. The highest BCUT2D eigenvalue weighted by Gasteiger charge is 2.30. The molecule has 0 saturated carbocycles. The van der Waals surface area contributed by atoms with Gasteiger partial charge in [-0.3, -0.25) is 4.79 Å². The first kappa shape index (κ1) is 15.6. The zero-order valence-corrected chi connectivity index (χ0v) is 13.1. The second kappa shape index (κ2) is 7.30. The Morgan fingerprint density at radius 3 is 2.83 bits per heavy atom. The minimum absolute atomic E-state index is 0.104. The van der Waals surface area contributed by atoms with Gasteiger partial charge in [0.1, 0.15) is 6.10 Å². The summed E-state index contributed by atoms with van der Waals surface area (Å²) in [5, 5.41) is 12.2. The molecule has 2 aliphatic rings. The highest BCUT2D eigenvalue weighted by molar-refractivity contribution is 5.97. The fraction of sp³-hybridized carbons (Fsp3) is 0.444. The first-order chi connectivity index (χ1) is 11.3. The van der Waals surface area contributed by atoms with Gasteiger partial charge in [-0.15, -0.1) is 0 Å². The second-order valence-electron chi connectivity index (χ2n) is 5.96. The molecule has 2 heterocycles. The van der Waals surface area contributed by atoms with E-state index in [-0.39, 0.29) is 18.1 Å². The van der Waals surface area contributed by atoms with Crippen LogP contribution in [0, 0.1) is 11.3 Å². The molecular formula is C18H21N3O2. The van der Waals surface area contributed by atoms with Crippen LogP contribution in [0.4, 0.5) is 5.69 Å². The van der Waals surface area contributed by atoms with Gasteiger partial charge in [-0.1, -0.05) is 0 Å². The predicted molar refractivity (Wildman–Crippen MR) is 87.8 cm³/mol. The van der Waals surface area contributed by atoms with E-state index < -0.39 is 0 Å². The van der Waals surface area contributed by atoms with E-state index in [4.69, 9.17) is 10.00 Å². The van der Waals surface area contributed by atoms with Crippen LogP contribution in [0.15, 0.2) is 36.6 Å². The summed E-state index contributed by atoms with van der Waals surface area (Å²) in [6, 6.07) is 9.13. The van der Waals surface area contributed by atoms with Gasteiger partial charge in [-0.2, -0.15) is 5.26 Å². The molecule has 0 unspecified atom stereocenters. The summed E-state index contributed by atoms with van der Waals surface area (Å²) < 4.78 is 5.54. The Kier molecular flexibility index (Phi) is 4.94. The largest absolute Gasteiger partial charge is 0.497 e. The van der Waals surface area contributed by atoms with Crippen molar-refractivity contribution in [3.8, 4) is 6.07 Å². The zero-order chi connectivity index (χ0) is 16.1. The molecule has 0 aliphatic carbocycles. The van der Waals surface area contributed by atoms with Gasteiger partial charge in [0.2, 0.25) is 5.91 Å². The number of piperidine rings is 1. The lowest BCUT2D eigenvalue weighted by Gasteiger charge is -2.33. The summed E-state index contributed by atoms with van der Waals surface area (Å²) in [6.45, 7) is 1.42. The summed E-state index contributed by atoms with van der Waals surface area (Å²) >= 11 is 0. The van der Waals surface area contributed by atoms with Gasteiger partial charge >= 0.3 is 0 Å². The third-order valence-electron chi connectivity index (χ3n) is 4.36. The summed E-state index contributed by atoms with van der Waals surface area (Å²) in [6.07, 6.45) is 7.77. The van der Waals surface area contributed by atoms with E-state index in [1.807, 2.05) is 23.1 Å². The smallest absolute Gasteiger partial charge is 0.244 e. The normalized spacial score (nSPS) is 24.1. The van der Waals surface area contributed by atoms with Gasteiger partial charge in [0.15, 0.2) is 0 Å². The third kappa shape index (κ3) is 3.72. The van der Waals surface area contributed by atoms with Crippen LogP contribution in [0.2, 0.25) is 0 Å². The van der Waals surface area contributed by atoms with Gasteiger partial charge in [0.05, 0.1) is 23.9 Å². The van der Waals surface area contributed by atoms with Crippen molar-refractivity contribution < 1.29 is 9.53 Å². The summed E-state index contributed by atoms with van der Waals surface area (Å²) in [4.78, 5) is 14.5. The molecular weight excluding hydrogens is 290 g/mol. The number of rotatable bonds is 4. The van der Waals surface area contributed by atoms with Gasteiger partial charge in [0, 0.05) is 18.8 Å². The highest BCUT2D eigenvalue weighted by atomic mass is 16.5. The number of hydrogen-bond donors (Lipinski definition) is 1. The number of amides is 1. The molecule has 120 valence electrons. The third-order valence-corrected chi connectivity index (χ3v) is 4.36. The second-order valence-corrected chi connectivity index (χ2v) is 5.96. The predicted octanol–water partition coefficient (Wildman–Crippen LogP) is 2.34. The van der Waals surface area contributed by atoms with E-state index in [9.17, 15) is 4.79 Å². The number of nitriles is 1. The molecule has 1 N–H and O–H groups in total. The minimum Gasteiger partial charge on any atom is -0.497 e. The van der Waals surface area contributed by atoms with Crippen molar-refractivity contribution in [2.24, 2.45) is 0 Å². The van der Waals surface area contributed by atoms with Crippen molar-refractivity contribution in [2.75, 3.05) is 18.0 Å². The number of nitrogens with one attached hydrogen (secondary N) is 1. The van der Waals surface area contributed by atoms with Crippen molar-refractivity contribution >= 4 is 11.6 Å². The zero-order valence-electron chi connectivity index (χ0n) is 13.1. The van der Waals surface area contributed by atoms with Gasteiger partial charge in [-0.05, 0) is 56.0 Å². The van der Waals surface area contributed by atoms with E-state index in [1.165, 1.54) is 0 Å². The monoisotopic (exact) mass is 311 g/mol. The van der Waals surface area contributed by atoms with Crippen LogP contribution in [0.1, 0.15) is 31.2 Å². The number of carbonyl (C=O) groups is 1. The number of carbonyl (C=O) groups excluding carboxylic acids is 1. The molecule has 1 aromatic carbocycles. The maximum absolute atomic E-state index is 12.7. The number of allylic oxidation sites excluding steroid dienone is 1. The first-order valence-electron chi connectivity index (χ1n) is 8.13. The van der Waals surface area contributed by atoms with Crippen LogP contribution in [0.3, 0.4) is 0 Å². The maximum Gasteiger partial charge on any atom is 0.244 e. The molecule has 0 aromatic heterocycles. The molecule has 23 heavy (non-hydrogen) atoms. The van der Waals surface area contributed by atoms with Gasteiger partial charge in [0.25, 0.3) is 0 Å². The molecule has 1 saturated heterocycles. The van der Waals surface area contributed by atoms with Crippen molar-refractivity contribution in [3.05, 3.63) is 42.2 Å². The van der Waals surface area contributed by atoms with Crippen molar-refractivity contribution in [2.45, 2.75) is 37.8 Å². The molecule has 5 nitrogen and oxygen atoms in total. The van der Waals surface area contributed by atoms with Crippen LogP contribution >= 0.6 is 0 Å². The summed E-state index contributed by atoms with van der Waals surface area (Å²) in [7, 11) is 0. The van der Waals surface area contributed by atoms with Crippen LogP contribution in [-0.4, -0.2) is 31.1 Å². The van der Waals surface area contributed by atoms with E-state index in [0.717, 1.165) is 37.9 Å². The van der Waals surface area contributed by atoms with E-state index in [0.29, 0.717) is 12.1 Å². The van der Waals surface area contributed by atoms with Crippen LogP contribution in [0.5, 0.6) is 0 Å². The Morgan fingerprint density at radius 2 is 2.13 bits per heavy atom. The van der Waals surface area contributed by atoms with Crippen molar-refractivity contribution in [3.63, 3.8) is 0 Å². The van der Waals surface area contributed by atoms with Crippen molar-refractivity contribution in [1.82, 2.24) is 5.32 Å². The molecule has 5 heteroatoms. The number of nitrogens with zero attached hydrogens (tertiary/aromatic N) is 2. The molecule has 0 bridgehead atoms. The average Bonchev–Trinajstić information content (AvgIpc) is 2.62. The summed E-state index contributed by atoms with van der Waals surface area (Å²) in [5.41, 5.74) is 1.47. The Labute approximate surface area is 136 Å². The standard InChI is InChI=1S/C18H21N3O2/c19-12-14-6-8-15(9-7-14)21-10-3-5-17(18(21)22)20-13-16-4-1-2-11-23-16/h2,6-9,11,16-17,20H,1,3-5,10,13H2/t16-,17+/m1/s1. The molecule has 2 aliphatic heterocycles. The van der Waals surface area contributed by atoms with E-state index >= 15 is 0 Å². The molecule has 1 fully saturated rings. The van der Waals surface area contributed by atoms with Crippen LogP contribution in [0.25, 0.3) is 0 Å². The number of benzene rings is 1. The SMILES string of the molecule is N#Cc1ccc(N2CCC[C@H](NC[C@H]3CCC=CO3)C2=O)cc1. The summed E-state index contributed by atoms with van der Waals surface area (Å²) in [5.74, 6) is 0.104. The highest BCUT2D eigenvalue weighted by Crippen LogP contribution is 2.22. The Bertz CT molecular complexity index is 618. The topological polar surface area (TPSA) is 65.4 Å². The molecule has 1 amide bonds. The van der Waals surface area contributed by atoms with Gasteiger partial charge in [-0.25, -0.2) is 0 Å². The average molecular weight is 311 g/mol. The quantitative estimate of drug-likeness (QED) is 0.927. The number of anilines is 1. The molecule has 2 atom stereocenters.